The van der Waals surface area contributed by atoms with Gasteiger partial charge in [0, 0.05) is 6.42 Å². The third-order valence-electron chi connectivity index (χ3n) is 4.46. The van der Waals surface area contributed by atoms with E-state index in [-0.39, 0.29) is 5.92 Å². The molecule has 0 saturated carbocycles. The molecule has 23 heavy (non-hydrogen) atoms. The maximum absolute atomic E-state index is 9.59. The van der Waals surface area contributed by atoms with Crippen molar-refractivity contribution in [1.29, 1.82) is 5.26 Å². The van der Waals surface area contributed by atoms with E-state index in [2.05, 4.69) is 58.9 Å². The van der Waals surface area contributed by atoms with E-state index < -0.39 is 0 Å². The zero-order valence-corrected chi connectivity index (χ0v) is 14.7. The second-order valence-electron chi connectivity index (χ2n) is 6.33. The Morgan fingerprint density at radius 1 is 1.00 bits per heavy atom. The number of benzene rings is 2. The minimum Gasteiger partial charge on any atom is -0.493 e. The third kappa shape index (κ3) is 3.93. The topological polar surface area (TPSA) is 33.0 Å². The van der Waals surface area contributed by atoms with Crippen LogP contribution in [0.2, 0.25) is 0 Å². The minimum absolute atomic E-state index is 0.124. The molecule has 0 aliphatic rings. The van der Waals surface area contributed by atoms with Gasteiger partial charge in [-0.1, -0.05) is 29.8 Å². The van der Waals surface area contributed by atoms with Crippen LogP contribution in [0.5, 0.6) is 5.75 Å². The van der Waals surface area contributed by atoms with Crippen molar-refractivity contribution >= 4 is 0 Å². The van der Waals surface area contributed by atoms with Gasteiger partial charge in [0.2, 0.25) is 0 Å². The van der Waals surface area contributed by atoms with E-state index in [0.717, 1.165) is 11.3 Å². The van der Waals surface area contributed by atoms with Crippen LogP contribution in [0.3, 0.4) is 0 Å². The molecule has 0 saturated heterocycles. The van der Waals surface area contributed by atoms with Gasteiger partial charge >= 0.3 is 0 Å². The van der Waals surface area contributed by atoms with Gasteiger partial charge in [-0.2, -0.15) is 5.26 Å². The molecule has 0 spiro atoms. The highest BCUT2D eigenvalue weighted by Gasteiger charge is 2.16. The summed E-state index contributed by atoms with van der Waals surface area (Å²) in [5, 5.41) is 9.59. The van der Waals surface area contributed by atoms with Crippen LogP contribution in [-0.2, 0) is 0 Å². The summed E-state index contributed by atoms with van der Waals surface area (Å²) in [6, 6.07) is 12.8. The van der Waals surface area contributed by atoms with E-state index in [1.165, 1.54) is 27.8 Å². The number of nitriles is 1. The van der Waals surface area contributed by atoms with Crippen LogP contribution in [-0.4, -0.2) is 6.61 Å². The highest BCUT2D eigenvalue weighted by molar-refractivity contribution is 5.42. The van der Waals surface area contributed by atoms with Gasteiger partial charge in [0.05, 0.1) is 18.6 Å². The van der Waals surface area contributed by atoms with Crippen LogP contribution in [0.15, 0.2) is 30.3 Å². The average Bonchev–Trinajstić information content (AvgIpc) is 2.48. The molecule has 1 atom stereocenters. The number of rotatable bonds is 5. The fourth-order valence-electron chi connectivity index (χ4n) is 3.18. The standard InChI is InChI=1S/C21H25NO/c1-14-11-16(3)21(17(4)12-14)19(13-22)9-10-23-20-8-6-7-15(2)18(20)5/h6-8,11-12,19H,9-10H2,1-5H3. The second kappa shape index (κ2) is 7.33. The lowest BCUT2D eigenvalue weighted by Gasteiger charge is -2.17. The average molecular weight is 307 g/mol. The molecule has 0 amide bonds. The maximum atomic E-state index is 9.59. The molecule has 0 heterocycles. The maximum Gasteiger partial charge on any atom is 0.122 e. The SMILES string of the molecule is Cc1cc(C)c(C(C#N)CCOc2cccc(C)c2C)c(C)c1. The van der Waals surface area contributed by atoms with E-state index in [0.29, 0.717) is 13.0 Å². The van der Waals surface area contributed by atoms with Gasteiger partial charge in [-0.3, -0.25) is 0 Å². The van der Waals surface area contributed by atoms with Gasteiger partial charge < -0.3 is 4.74 Å². The van der Waals surface area contributed by atoms with Crippen molar-refractivity contribution in [2.45, 2.75) is 47.0 Å². The number of hydrogen-bond donors (Lipinski definition) is 0. The molecule has 1 unspecified atom stereocenters. The van der Waals surface area contributed by atoms with Crippen molar-refractivity contribution < 1.29 is 4.74 Å². The summed E-state index contributed by atoms with van der Waals surface area (Å²) >= 11 is 0. The summed E-state index contributed by atoms with van der Waals surface area (Å²) in [5.41, 5.74) is 7.18. The summed E-state index contributed by atoms with van der Waals surface area (Å²) in [6.07, 6.45) is 0.703. The van der Waals surface area contributed by atoms with E-state index in [4.69, 9.17) is 4.74 Å². The van der Waals surface area contributed by atoms with Crippen LogP contribution < -0.4 is 4.74 Å². The molecule has 0 aliphatic carbocycles. The van der Waals surface area contributed by atoms with Crippen LogP contribution in [0.4, 0.5) is 0 Å². The molecule has 0 aromatic heterocycles. The molecule has 0 fully saturated rings. The zero-order valence-electron chi connectivity index (χ0n) is 14.7. The van der Waals surface area contributed by atoms with Gasteiger partial charge in [-0.15, -0.1) is 0 Å². The van der Waals surface area contributed by atoms with Crippen molar-refractivity contribution in [3.8, 4) is 11.8 Å². The third-order valence-corrected chi connectivity index (χ3v) is 4.46. The number of nitrogens with zero attached hydrogens (tertiary/aromatic N) is 1. The lowest BCUT2D eigenvalue weighted by molar-refractivity contribution is 0.303. The Kier molecular flexibility index (Phi) is 5.45. The Labute approximate surface area is 139 Å². The van der Waals surface area contributed by atoms with Gasteiger partial charge in [0.15, 0.2) is 0 Å². The summed E-state index contributed by atoms with van der Waals surface area (Å²) in [7, 11) is 0. The van der Waals surface area contributed by atoms with Crippen molar-refractivity contribution in [3.05, 3.63) is 63.7 Å². The normalized spacial score (nSPS) is 11.8. The monoisotopic (exact) mass is 307 g/mol. The first-order valence-corrected chi connectivity index (χ1v) is 8.10. The lowest BCUT2D eigenvalue weighted by Crippen LogP contribution is -2.08. The summed E-state index contributed by atoms with van der Waals surface area (Å²) in [6.45, 7) is 11.0. The predicted molar refractivity (Wildman–Crippen MR) is 95.0 cm³/mol. The first kappa shape index (κ1) is 17.1. The van der Waals surface area contributed by atoms with Crippen molar-refractivity contribution in [3.63, 3.8) is 0 Å². The molecule has 120 valence electrons. The Morgan fingerprint density at radius 2 is 1.65 bits per heavy atom. The van der Waals surface area contributed by atoms with Crippen LogP contribution >= 0.6 is 0 Å². The van der Waals surface area contributed by atoms with Crippen LogP contribution in [0.1, 0.15) is 45.7 Å². The molecular weight excluding hydrogens is 282 g/mol. The van der Waals surface area contributed by atoms with Crippen molar-refractivity contribution in [2.75, 3.05) is 6.61 Å². The molecule has 2 nitrogen and oxygen atoms in total. The Morgan fingerprint density at radius 3 is 2.26 bits per heavy atom. The first-order chi connectivity index (χ1) is 10.9. The van der Waals surface area contributed by atoms with Crippen molar-refractivity contribution in [1.82, 2.24) is 0 Å². The van der Waals surface area contributed by atoms with Crippen LogP contribution in [0, 0.1) is 45.9 Å². The highest BCUT2D eigenvalue weighted by atomic mass is 16.5. The predicted octanol–water partition coefficient (Wildman–Crippen LogP) is 5.30. The van der Waals surface area contributed by atoms with E-state index in [1.54, 1.807) is 0 Å². The van der Waals surface area contributed by atoms with E-state index in [9.17, 15) is 5.26 Å². The lowest BCUT2D eigenvalue weighted by atomic mass is 9.88. The van der Waals surface area contributed by atoms with Gasteiger partial charge in [-0.25, -0.2) is 0 Å². The highest BCUT2D eigenvalue weighted by Crippen LogP contribution is 2.28. The molecule has 0 bridgehead atoms. The molecule has 0 N–H and O–H groups in total. The minimum atomic E-state index is -0.124. The van der Waals surface area contributed by atoms with E-state index in [1.807, 2.05) is 12.1 Å². The zero-order chi connectivity index (χ0) is 17.0. The quantitative estimate of drug-likeness (QED) is 0.750. The van der Waals surface area contributed by atoms with Gasteiger partial charge in [0.1, 0.15) is 5.75 Å². The molecule has 0 radical (unpaired) electrons. The largest absolute Gasteiger partial charge is 0.493 e. The smallest absolute Gasteiger partial charge is 0.122 e. The van der Waals surface area contributed by atoms with Crippen LogP contribution in [0.25, 0.3) is 0 Å². The number of aryl methyl sites for hydroxylation is 4. The summed E-state index contributed by atoms with van der Waals surface area (Å²) < 4.78 is 5.92. The first-order valence-electron chi connectivity index (χ1n) is 8.10. The van der Waals surface area contributed by atoms with Gasteiger partial charge in [0.25, 0.3) is 0 Å². The van der Waals surface area contributed by atoms with Crippen molar-refractivity contribution in [2.24, 2.45) is 0 Å². The Balaban J connectivity index is 2.10. The molecule has 0 aliphatic heterocycles. The molecular formula is C21H25NO. The molecule has 2 aromatic rings. The Hall–Kier alpha value is -2.27. The number of hydrogen-bond acceptors (Lipinski definition) is 2. The Bertz CT molecular complexity index is 717. The molecule has 2 heteroatoms. The molecule has 2 aromatic carbocycles. The fourth-order valence-corrected chi connectivity index (χ4v) is 3.18. The van der Waals surface area contributed by atoms with E-state index >= 15 is 0 Å². The fraction of sp³-hybridized carbons (Fsp3) is 0.381. The summed E-state index contributed by atoms with van der Waals surface area (Å²) in [4.78, 5) is 0. The summed E-state index contributed by atoms with van der Waals surface area (Å²) in [5.74, 6) is 0.791. The molecule has 2 rings (SSSR count). The van der Waals surface area contributed by atoms with Gasteiger partial charge in [-0.05, 0) is 68.5 Å². The number of ether oxygens (including phenoxy) is 1. The second-order valence-corrected chi connectivity index (χ2v) is 6.33.